The van der Waals surface area contributed by atoms with Crippen LogP contribution in [0.3, 0.4) is 0 Å². The zero-order valence-electron chi connectivity index (χ0n) is 11.5. The van der Waals surface area contributed by atoms with Crippen molar-refractivity contribution in [3.8, 4) is 0 Å². The number of amides is 1. The van der Waals surface area contributed by atoms with Crippen LogP contribution >= 0.6 is 15.9 Å². The number of rotatable bonds is 7. The predicted molar refractivity (Wildman–Crippen MR) is 80.5 cm³/mol. The molecule has 0 aromatic carbocycles. The molecule has 0 bridgehead atoms. The summed E-state index contributed by atoms with van der Waals surface area (Å²) in [5.74, 6) is 1.43. The van der Waals surface area contributed by atoms with Gasteiger partial charge < -0.3 is 15.5 Å². The summed E-state index contributed by atoms with van der Waals surface area (Å²) < 4.78 is 0.786. The molecule has 0 fully saturated rings. The Morgan fingerprint density at radius 3 is 2.74 bits per heavy atom. The lowest BCUT2D eigenvalue weighted by atomic mass is 10.4. The number of hydrogen-bond donors (Lipinski definition) is 2. The van der Waals surface area contributed by atoms with Gasteiger partial charge in [-0.3, -0.25) is 4.79 Å². The van der Waals surface area contributed by atoms with E-state index < -0.39 is 0 Å². The predicted octanol–water partition coefficient (Wildman–Crippen LogP) is 1.63. The number of carbonyl (C=O) groups is 1. The van der Waals surface area contributed by atoms with Gasteiger partial charge in [0.2, 0.25) is 5.91 Å². The molecule has 0 radical (unpaired) electrons. The molecule has 1 aromatic heterocycles. The fourth-order valence-corrected chi connectivity index (χ4v) is 2.13. The first-order valence-corrected chi connectivity index (χ1v) is 7.13. The maximum absolute atomic E-state index is 11.5. The van der Waals surface area contributed by atoms with Crippen LogP contribution in [0.5, 0.6) is 0 Å². The van der Waals surface area contributed by atoms with E-state index in [0.29, 0.717) is 6.54 Å². The highest BCUT2D eigenvalue weighted by Crippen LogP contribution is 2.29. The van der Waals surface area contributed by atoms with Crippen molar-refractivity contribution in [2.45, 2.75) is 20.3 Å². The molecule has 1 aromatic rings. The van der Waals surface area contributed by atoms with Crippen molar-refractivity contribution in [3.63, 3.8) is 0 Å². The molecule has 19 heavy (non-hydrogen) atoms. The molecule has 106 valence electrons. The lowest BCUT2D eigenvalue weighted by molar-refractivity contribution is -0.119. The quantitative estimate of drug-likeness (QED) is 0.795. The lowest BCUT2D eigenvalue weighted by Gasteiger charge is -2.22. The van der Waals surface area contributed by atoms with Gasteiger partial charge in [-0.25, -0.2) is 9.97 Å². The summed E-state index contributed by atoms with van der Waals surface area (Å²) in [6.45, 7) is 5.88. The highest BCUT2D eigenvalue weighted by molar-refractivity contribution is 9.10. The zero-order chi connectivity index (χ0) is 14.3. The van der Waals surface area contributed by atoms with Crippen molar-refractivity contribution >= 4 is 33.5 Å². The summed E-state index contributed by atoms with van der Waals surface area (Å²) in [4.78, 5) is 21.8. The summed E-state index contributed by atoms with van der Waals surface area (Å²) in [6, 6.07) is 0. The van der Waals surface area contributed by atoms with Crippen LogP contribution in [0, 0.1) is 0 Å². The molecule has 0 aliphatic rings. The van der Waals surface area contributed by atoms with E-state index in [1.807, 2.05) is 11.8 Å². The fraction of sp³-hybridized carbons (Fsp3) is 0.583. The van der Waals surface area contributed by atoms with E-state index in [0.717, 1.165) is 29.1 Å². The first kappa shape index (κ1) is 15.7. The normalized spacial score (nSPS) is 10.1. The van der Waals surface area contributed by atoms with Gasteiger partial charge in [-0.05, 0) is 29.3 Å². The smallest absolute Gasteiger partial charge is 0.239 e. The van der Waals surface area contributed by atoms with Crippen molar-refractivity contribution in [2.75, 3.05) is 36.9 Å². The second kappa shape index (κ2) is 7.93. The fourth-order valence-electron chi connectivity index (χ4n) is 1.54. The second-order valence-corrected chi connectivity index (χ2v) is 4.77. The molecular weight excluding hydrogens is 310 g/mol. The molecule has 0 aliphatic heterocycles. The number of halogens is 1. The molecular formula is C12H20BrN5O. The number of nitrogens with zero attached hydrogens (tertiary/aromatic N) is 3. The third kappa shape index (κ3) is 4.34. The lowest BCUT2D eigenvalue weighted by Crippen LogP contribution is -2.36. The van der Waals surface area contributed by atoms with Crippen LogP contribution in [0.2, 0.25) is 0 Å². The average Bonchev–Trinajstić information content (AvgIpc) is 2.43. The molecule has 0 aliphatic carbocycles. The largest absolute Gasteiger partial charge is 0.369 e. The van der Waals surface area contributed by atoms with Crippen LogP contribution in [0.15, 0.2) is 10.8 Å². The zero-order valence-corrected chi connectivity index (χ0v) is 13.1. The Hall–Kier alpha value is -1.37. The summed E-state index contributed by atoms with van der Waals surface area (Å²) in [5.41, 5.74) is 0. The van der Waals surface area contributed by atoms with E-state index in [-0.39, 0.29) is 12.5 Å². The molecule has 0 unspecified atom stereocenters. The Morgan fingerprint density at radius 1 is 1.42 bits per heavy atom. The average molecular weight is 330 g/mol. The number of hydrogen-bond acceptors (Lipinski definition) is 5. The highest BCUT2D eigenvalue weighted by atomic mass is 79.9. The third-order valence-electron chi connectivity index (χ3n) is 2.61. The third-order valence-corrected chi connectivity index (χ3v) is 3.34. The van der Waals surface area contributed by atoms with Crippen LogP contribution < -0.4 is 15.5 Å². The van der Waals surface area contributed by atoms with Crippen LogP contribution in [0.25, 0.3) is 0 Å². The summed E-state index contributed by atoms with van der Waals surface area (Å²) in [7, 11) is 1.62. The van der Waals surface area contributed by atoms with Gasteiger partial charge in [-0.15, -0.1) is 0 Å². The van der Waals surface area contributed by atoms with E-state index in [2.05, 4.69) is 43.5 Å². The Labute approximate surface area is 122 Å². The van der Waals surface area contributed by atoms with Gasteiger partial charge >= 0.3 is 0 Å². The molecule has 6 nitrogen and oxygen atoms in total. The number of carbonyl (C=O) groups excluding carboxylic acids is 1. The summed E-state index contributed by atoms with van der Waals surface area (Å²) in [6.07, 6.45) is 2.52. The second-order valence-electron chi connectivity index (χ2n) is 3.97. The summed E-state index contributed by atoms with van der Waals surface area (Å²) >= 11 is 3.50. The molecule has 0 spiro atoms. The van der Waals surface area contributed by atoms with Crippen molar-refractivity contribution in [1.29, 1.82) is 0 Å². The van der Waals surface area contributed by atoms with E-state index in [1.54, 1.807) is 7.05 Å². The first-order valence-electron chi connectivity index (χ1n) is 6.33. The van der Waals surface area contributed by atoms with Gasteiger partial charge in [0.25, 0.3) is 0 Å². The molecule has 0 atom stereocenters. The van der Waals surface area contributed by atoms with Gasteiger partial charge in [-0.1, -0.05) is 6.92 Å². The summed E-state index contributed by atoms with van der Waals surface area (Å²) in [5, 5.41) is 5.84. The van der Waals surface area contributed by atoms with Crippen molar-refractivity contribution in [1.82, 2.24) is 15.3 Å². The Kier molecular flexibility index (Phi) is 6.55. The molecule has 1 amide bonds. The minimum atomic E-state index is -0.0459. The van der Waals surface area contributed by atoms with Crippen molar-refractivity contribution in [2.24, 2.45) is 0 Å². The van der Waals surface area contributed by atoms with Crippen LogP contribution in [-0.2, 0) is 4.79 Å². The van der Waals surface area contributed by atoms with Gasteiger partial charge in [-0.2, -0.15) is 0 Å². The van der Waals surface area contributed by atoms with Gasteiger partial charge in [0.05, 0.1) is 6.54 Å². The maximum Gasteiger partial charge on any atom is 0.239 e. The van der Waals surface area contributed by atoms with Gasteiger partial charge in [0.15, 0.2) is 0 Å². The van der Waals surface area contributed by atoms with E-state index in [1.165, 1.54) is 6.33 Å². The molecule has 7 heteroatoms. The molecule has 2 N–H and O–H groups in total. The number of aromatic nitrogens is 2. The minimum absolute atomic E-state index is 0.0459. The van der Waals surface area contributed by atoms with E-state index in [9.17, 15) is 4.79 Å². The maximum atomic E-state index is 11.5. The molecule has 0 saturated heterocycles. The Bertz CT molecular complexity index is 427. The highest BCUT2D eigenvalue weighted by Gasteiger charge is 2.16. The van der Waals surface area contributed by atoms with E-state index >= 15 is 0 Å². The van der Waals surface area contributed by atoms with Gasteiger partial charge in [0.1, 0.15) is 22.4 Å². The van der Waals surface area contributed by atoms with Gasteiger partial charge in [0, 0.05) is 20.1 Å². The standard InChI is InChI=1S/C12H20BrN5O/c1-4-6-15-11-10(13)12(17-8-16-11)18(5-2)7-9(19)14-3/h8H,4-7H2,1-3H3,(H,14,19)(H,15,16,17). The monoisotopic (exact) mass is 329 g/mol. The number of anilines is 2. The first-order chi connectivity index (χ1) is 9.13. The molecule has 0 saturated carbocycles. The molecule has 1 rings (SSSR count). The van der Waals surface area contributed by atoms with Crippen molar-refractivity contribution < 1.29 is 4.79 Å². The van der Waals surface area contributed by atoms with Crippen LogP contribution in [0.4, 0.5) is 11.6 Å². The van der Waals surface area contributed by atoms with Crippen LogP contribution in [0.1, 0.15) is 20.3 Å². The SMILES string of the molecule is CCCNc1ncnc(N(CC)CC(=O)NC)c1Br. The minimum Gasteiger partial charge on any atom is -0.369 e. The Balaban J connectivity index is 2.94. The molecule has 1 heterocycles. The number of likely N-dealkylation sites (N-methyl/N-ethyl adjacent to an activating group) is 2. The van der Waals surface area contributed by atoms with Crippen molar-refractivity contribution in [3.05, 3.63) is 10.8 Å². The Morgan fingerprint density at radius 2 is 2.16 bits per heavy atom. The van der Waals surface area contributed by atoms with E-state index in [4.69, 9.17) is 0 Å². The number of nitrogens with one attached hydrogen (secondary N) is 2. The van der Waals surface area contributed by atoms with Crippen LogP contribution in [-0.4, -0.2) is 42.6 Å². The topological polar surface area (TPSA) is 70.2 Å².